The minimum Gasteiger partial charge on any atom is -0.424 e. The molecule has 1 aromatic heterocycles. The molecule has 0 unspecified atom stereocenters. The quantitative estimate of drug-likeness (QED) is 0.620. The molecule has 0 atom stereocenters. The van der Waals surface area contributed by atoms with Crippen LogP contribution >= 0.6 is 15.9 Å². The first-order chi connectivity index (χ1) is 12.7. The molecule has 4 nitrogen and oxygen atoms in total. The predicted molar refractivity (Wildman–Crippen MR) is 98.5 cm³/mol. The first-order valence-electron chi connectivity index (χ1n) is 8.57. The van der Waals surface area contributed by atoms with Crippen molar-refractivity contribution in [2.75, 3.05) is 13.2 Å². The highest BCUT2D eigenvalue weighted by Crippen LogP contribution is 2.41. The third-order valence-electron chi connectivity index (χ3n) is 4.90. The van der Waals surface area contributed by atoms with Crippen molar-refractivity contribution in [2.24, 2.45) is 0 Å². The van der Waals surface area contributed by atoms with Crippen molar-refractivity contribution in [1.82, 2.24) is 10.2 Å². The second kappa shape index (κ2) is 7.29. The fraction of sp³-hybridized carbons (Fsp3) is 0.300. The largest absolute Gasteiger partial charge is 0.424 e. The summed E-state index contributed by atoms with van der Waals surface area (Å²) in [7, 11) is 0. The molecule has 0 bridgehead atoms. The van der Waals surface area contributed by atoms with Crippen LogP contribution in [0.2, 0.25) is 0 Å². The first kappa shape index (κ1) is 17.4. The summed E-state index contributed by atoms with van der Waals surface area (Å²) in [5.74, 6) is 0.733. The van der Waals surface area contributed by atoms with Crippen molar-refractivity contribution in [3.63, 3.8) is 0 Å². The summed E-state index contributed by atoms with van der Waals surface area (Å²) in [5.41, 5.74) is 1.30. The van der Waals surface area contributed by atoms with Crippen molar-refractivity contribution >= 4 is 15.9 Å². The molecule has 134 valence electrons. The number of hydrogen-bond acceptors (Lipinski definition) is 4. The fourth-order valence-electron chi connectivity index (χ4n) is 3.46. The Balaban J connectivity index is 1.69. The molecule has 0 aliphatic carbocycles. The second-order valence-corrected chi connectivity index (χ2v) is 7.39. The highest BCUT2D eigenvalue weighted by Gasteiger charge is 2.41. The van der Waals surface area contributed by atoms with E-state index in [1.807, 2.05) is 12.1 Å². The zero-order valence-electron chi connectivity index (χ0n) is 14.1. The van der Waals surface area contributed by atoms with Gasteiger partial charge in [-0.1, -0.05) is 46.3 Å². The monoisotopic (exact) mass is 416 g/mol. The normalized spacial score (nSPS) is 16.5. The van der Waals surface area contributed by atoms with E-state index in [1.165, 1.54) is 6.07 Å². The lowest BCUT2D eigenvalue weighted by Gasteiger charge is -2.34. The maximum Gasteiger partial charge on any atom is 0.227 e. The molecule has 2 aromatic carbocycles. The Morgan fingerprint density at radius 1 is 1.04 bits per heavy atom. The topological polar surface area (TPSA) is 48.2 Å². The van der Waals surface area contributed by atoms with Gasteiger partial charge in [0.05, 0.1) is 11.8 Å². The Morgan fingerprint density at radius 2 is 1.85 bits per heavy atom. The number of halogens is 2. The summed E-state index contributed by atoms with van der Waals surface area (Å²) in [5, 5.41) is 8.52. The summed E-state index contributed by atoms with van der Waals surface area (Å²) in [4.78, 5) is 0. The molecule has 3 aromatic rings. The highest BCUT2D eigenvalue weighted by atomic mass is 79.9. The summed E-state index contributed by atoms with van der Waals surface area (Å²) >= 11 is 3.54. The van der Waals surface area contributed by atoms with Gasteiger partial charge in [-0.3, -0.25) is 0 Å². The van der Waals surface area contributed by atoms with Gasteiger partial charge in [-0.25, -0.2) is 4.39 Å². The van der Waals surface area contributed by atoms with Gasteiger partial charge in [-0.05, 0) is 42.2 Å². The predicted octanol–water partition coefficient (Wildman–Crippen LogP) is 4.66. The lowest BCUT2D eigenvalue weighted by Crippen LogP contribution is -2.35. The maximum absolute atomic E-state index is 13.9. The Labute approximate surface area is 159 Å². The van der Waals surface area contributed by atoms with Gasteiger partial charge in [-0.15, -0.1) is 10.2 Å². The lowest BCUT2D eigenvalue weighted by atomic mass is 9.74. The van der Waals surface area contributed by atoms with Crippen LogP contribution in [-0.2, 0) is 16.6 Å². The highest BCUT2D eigenvalue weighted by molar-refractivity contribution is 9.10. The van der Waals surface area contributed by atoms with Gasteiger partial charge in [0.1, 0.15) is 5.82 Å². The van der Waals surface area contributed by atoms with Gasteiger partial charge in [0.25, 0.3) is 0 Å². The third-order valence-corrected chi connectivity index (χ3v) is 5.39. The van der Waals surface area contributed by atoms with E-state index >= 15 is 0 Å². The molecule has 1 aliphatic rings. The molecular weight excluding hydrogens is 399 g/mol. The van der Waals surface area contributed by atoms with E-state index in [0.29, 0.717) is 30.6 Å². The Bertz CT molecular complexity index is 906. The molecule has 0 N–H and O–H groups in total. The smallest absolute Gasteiger partial charge is 0.227 e. The minimum atomic E-state index is -0.373. The van der Waals surface area contributed by atoms with E-state index in [4.69, 9.17) is 9.15 Å². The summed E-state index contributed by atoms with van der Waals surface area (Å²) < 4.78 is 26.5. The number of hydrogen-bond donors (Lipinski definition) is 0. The standard InChI is InChI=1S/C20H18BrFN2O2/c21-16-6-3-5-15(13-16)20(8-10-25-11-9-20)19-24-23-18(26-19)12-14-4-1-2-7-17(14)22/h1-7,13H,8-12H2. The van der Waals surface area contributed by atoms with Gasteiger partial charge in [0, 0.05) is 17.7 Å². The Kier molecular flexibility index (Phi) is 4.87. The average Bonchev–Trinajstić information content (AvgIpc) is 3.13. The van der Waals surface area contributed by atoms with Crippen LogP contribution in [0.1, 0.15) is 35.7 Å². The van der Waals surface area contributed by atoms with E-state index in [0.717, 1.165) is 22.9 Å². The van der Waals surface area contributed by atoms with Gasteiger partial charge < -0.3 is 9.15 Å². The van der Waals surface area contributed by atoms with Crippen molar-refractivity contribution in [2.45, 2.75) is 24.7 Å². The Hall–Kier alpha value is -2.05. The SMILES string of the molecule is Fc1ccccc1Cc1nnc(C2(c3cccc(Br)c3)CCOCC2)o1. The van der Waals surface area contributed by atoms with Gasteiger partial charge in [0.2, 0.25) is 11.8 Å². The molecule has 0 spiro atoms. The molecule has 0 saturated carbocycles. The van der Waals surface area contributed by atoms with E-state index in [9.17, 15) is 4.39 Å². The molecule has 1 saturated heterocycles. The van der Waals surface area contributed by atoms with E-state index in [2.05, 4.69) is 38.3 Å². The number of benzene rings is 2. The molecular formula is C20H18BrFN2O2. The van der Waals surface area contributed by atoms with Crippen LogP contribution in [0.4, 0.5) is 4.39 Å². The molecule has 26 heavy (non-hydrogen) atoms. The number of ether oxygens (including phenoxy) is 1. The molecule has 4 rings (SSSR count). The third kappa shape index (κ3) is 3.31. The zero-order chi connectivity index (χ0) is 18.0. The van der Waals surface area contributed by atoms with Crippen molar-refractivity contribution in [3.05, 3.63) is 81.7 Å². The molecule has 2 heterocycles. The van der Waals surface area contributed by atoms with Crippen molar-refractivity contribution in [3.8, 4) is 0 Å². The average molecular weight is 417 g/mol. The molecule has 1 fully saturated rings. The summed E-state index contributed by atoms with van der Waals surface area (Å²) in [6, 6.07) is 14.8. The van der Waals surface area contributed by atoms with Crippen molar-refractivity contribution in [1.29, 1.82) is 0 Å². The second-order valence-electron chi connectivity index (χ2n) is 6.47. The van der Waals surface area contributed by atoms with Crippen LogP contribution in [0.15, 0.2) is 57.4 Å². The van der Waals surface area contributed by atoms with Crippen LogP contribution in [0.25, 0.3) is 0 Å². The molecule has 6 heteroatoms. The van der Waals surface area contributed by atoms with Crippen LogP contribution in [0.3, 0.4) is 0 Å². The number of aromatic nitrogens is 2. The number of rotatable bonds is 4. The molecule has 0 amide bonds. The maximum atomic E-state index is 13.9. The van der Waals surface area contributed by atoms with E-state index < -0.39 is 0 Å². The number of nitrogens with zero attached hydrogens (tertiary/aromatic N) is 2. The first-order valence-corrected chi connectivity index (χ1v) is 9.37. The van der Waals surface area contributed by atoms with E-state index in [-0.39, 0.29) is 17.7 Å². The van der Waals surface area contributed by atoms with Crippen LogP contribution in [0, 0.1) is 5.82 Å². The minimum absolute atomic E-state index is 0.264. The van der Waals surface area contributed by atoms with Crippen LogP contribution in [-0.4, -0.2) is 23.4 Å². The summed E-state index contributed by atoms with van der Waals surface area (Å²) in [6.07, 6.45) is 1.82. The van der Waals surface area contributed by atoms with E-state index in [1.54, 1.807) is 18.2 Å². The lowest BCUT2D eigenvalue weighted by molar-refractivity contribution is 0.0540. The fourth-order valence-corrected chi connectivity index (χ4v) is 3.85. The Morgan fingerprint density at radius 3 is 2.62 bits per heavy atom. The van der Waals surface area contributed by atoms with Gasteiger partial charge in [-0.2, -0.15) is 0 Å². The molecule has 0 radical (unpaired) electrons. The zero-order valence-corrected chi connectivity index (χ0v) is 15.7. The molecule has 1 aliphatic heterocycles. The van der Waals surface area contributed by atoms with Crippen molar-refractivity contribution < 1.29 is 13.5 Å². The van der Waals surface area contributed by atoms with Crippen LogP contribution in [0.5, 0.6) is 0 Å². The van der Waals surface area contributed by atoms with Crippen LogP contribution < -0.4 is 0 Å². The van der Waals surface area contributed by atoms with Gasteiger partial charge >= 0.3 is 0 Å². The summed E-state index contributed by atoms with van der Waals surface area (Å²) in [6.45, 7) is 1.27. The van der Waals surface area contributed by atoms with Gasteiger partial charge in [0.15, 0.2) is 0 Å².